The Morgan fingerprint density at radius 2 is 2.23 bits per heavy atom. The fourth-order valence-corrected chi connectivity index (χ4v) is 1.05. The highest BCUT2D eigenvalue weighted by atomic mass is 16.2. The van der Waals surface area contributed by atoms with E-state index >= 15 is 0 Å². The molecule has 1 unspecified atom stereocenters. The smallest absolute Gasteiger partial charge is 0.225 e. The van der Waals surface area contributed by atoms with Crippen LogP contribution in [0.4, 0.5) is 0 Å². The molecule has 13 heavy (non-hydrogen) atoms. The monoisotopic (exact) mass is 185 g/mol. The molecule has 0 aromatic rings. The molecule has 1 aliphatic heterocycles. The maximum absolute atomic E-state index is 11.4. The standard InChI is InChI=1S/C9H19N3O/c1-7(12(2)3)4-11-9(13)8-5-10-6-8/h7-8,10H,4-6H2,1-3H3,(H,11,13). The zero-order valence-electron chi connectivity index (χ0n) is 8.63. The van der Waals surface area contributed by atoms with Crippen LogP contribution in [0.3, 0.4) is 0 Å². The Balaban J connectivity index is 2.14. The van der Waals surface area contributed by atoms with Crippen molar-refractivity contribution in [2.24, 2.45) is 5.92 Å². The van der Waals surface area contributed by atoms with Gasteiger partial charge in [0.1, 0.15) is 0 Å². The lowest BCUT2D eigenvalue weighted by molar-refractivity contribution is -0.126. The SMILES string of the molecule is CC(CNC(=O)C1CNC1)N(C)C. The van der Waals surface area contributed by atoms with Crippen LogP contribution in [0.15, 0.2) is 0 Å². The molecule has 1 atom stereocenters. The average Bonchev–Trinajstić information content (AvgIpc) is 1.96. The van der Waals surface area contributed by atoms with Crippen LogP contribution in [-0.2, 0) is 4.79 Å². The van der Waals surface area contributed by atoms with Crippen LogP contribution >= 0.6 is 0 Å². The largest absolute Gasteiger partial charge is 0.354 e. The van der Waals surface area contributed by atoms with E-state index in [4.69, 9.17) is 0 Å². The Kier molecular flexibility index (Phi) is 3.69. The van der Waals surface area contributed by atoms with E-state index in [1.165, 1.54) is 0 Å². The second-order valence-corrected chi connectivity index (χ2v) is 3.91. The second-order valence-electron chi connectivity index (χ2n) is 3.91. The molecule has 1 saturated heterocycles. The highest BCUT2D eigenvalue weighted by Crippen LogP contribution is 2.02. The van der Waals surface area contributed by atoms with Gasteiger partial charge in [-0.3, -0.25) is 4.79 Å². The highest BCUT2D eigenvalue weighted by molar-refractivity contribution is 5.80. The number of carbonyl (C=O) groups excluding carboxylic acids is 1. The minimum atomic E-state index is 0.187. The van der Waals surface area contributed by atoms with E-state index in [0.29, 0.717) is 6.04 Å². The zero-order chi connectivity index (χ0) is 9.84. The summed E-state index contributed by atoms with van der Waals surface area (Å²) in [7, 11) is 4.03. The maximum Gasteiger partial charge on any atom is 0.225 e. The van der Waals surface area contributed by atoms with Crippen molar-refractivity contribution in [3.63, 3.8) is 0 Å². The molecule has 0 aliphatic carbocycles. The van der Waals surface area contributed by atoms with E-state index in [1.54, 1.807) is 0 Å². The van der Waals surface area contributed by atoms with Gasteiger partial charge in [-0.05, 0) is 21.0 Å². The minimum Gasteiger partial charge on any atom is -0.354 e. The van der Waals surface area contributed by atoms with Gasteiger partial charge in [-0.2, -0.15) is 0 Å². The van der Waals surface area contributed by atoms with E-state index in [2.05, 4.69) is 22.5 Å². The number of likely N-dealkylation sites (N-methyl/N-ethyl adjacent to an activating group) is 1. The summed E-state index contributed by atoms with van der Waals surface area (Å²) in [4.78, 5) is 13.5. The molecule has 0 spiro atoms. The number of hydrogen-bond donors (Lipinski definition) is 2. The summed E-state index contributed by atoms with van der Waals surface area (Å²) in [5.41, 5.74) is 0. The summed E-state index contributed by atoms with van der Waals surface area (Å²) in [5, 5.41) is 6.03. The molecular formula is C9H19N3O. The van der Waals surface area contributed by atoms with Crippen molar-refractivity contribution in [3.05, 3.63) is 0 Å². The third kappa shape index (κ3) is 2.97. The normalized spacial score (nSPS) is 19.7. The average molecular weight is 185 g/mol. The van der Waals surface area contributed by atoms with E-state index in [9.17, 15) is 4.79 Å². The molecule has 4 nitrogen and oxygen atoms in total. The number of carbonyl (C=O) groups is 1. The molecule has 1 amide bonds. The number of amides is 1. The molecule has 2 N–H and O–H groups in total. The van der Waals surface area contributed by atoms with Gasteiger partial charge in [0.25, 0.3) is 0 Å². The first kappa shape index (κ1) is 10.5. The van der Waals surface area contributed by atoms with Gasteiger partial charge < -0.3 is 15.5 Å². The molecule has 1 heterocycles. The molecule has 1 fully saturated rings. The minimum absolute atomic E-state index is 0.187. The van der Waals surface area contributed by atoms with E-state index in [1.807, 2.05) is 14.1 Å². The van der Waals surface area contributed by atoms with Crippen LogP contribution in [0, 0.1) is 5.92 Å². The lowest BCUT2D eigenvalue weighted by Gasteiger charge is -2.27. The van der Waals surface area contributed by atoms with Crippen molar-refractivity contribution in [1.29, 1.82) is 0 Å². The molecular weight excluding hydrogens is 166 g/mol. The fraction of sp³-hybridized carbons (Fsp3) is 0.889. The van der Waals surface area contributed by atoms with Crippen molar-refractivity contribution in [2.45, 2.75) is 13.0 Å². The lowest BCUT2D eigenvalue weighted by Crippen LogP contribution is -2.52. The lowest BCUT2D eigenvalue weighted by atomic mass is 10.0. The molecule has 0 aromatic carbocycles. The van der Waals surface area contributed by atoms with Crippen LogP contribution in [-0.4, -0.2) is 50.6 Å². The summed E-state index contributed by atoms with van der Waals surface area (Å²) in [6.07, 6.45) is 0. The van der Waals surface area contributed by atoms with Crippen molar-refractivity contribution >= 4 is 5.91 Å². The van der Waals surface area contributed by atoms with Crippen molar-refractivity contribution < 1.29 is 4.79 Å². The molecule has 76 valence electrons. The Morgan fingerprint density at radius 3 is 2.62 bits per heavy atom. The summed E-state index contributed by atoms with van der Waals surface area (Å²) in [6, 6.07) is 0.400. The van der Waals surface area contributed by atoms with Crippen molar-refractivity contribution in [2.75, 3.05) is 33.7 Å². The summed E-state index contributed by atoms with van der Waals surface area (Å²) < 4.78 is 0. The molecule has 4 heteroatoms. The second kappa shape index (κ2) is 4.58. The Hall–Kier alpha value is -0.610. The van der Waals surface area contributed by atoms with Crippen molar-refractivity contribution in [3.8, 4) is 0 Å². The molecule has 0 bridgehead atoms. The first-order valence-corrected chi connectivity index (χ1v) is 4.76. The van der Waals surface area contributed by atoms with Crippen LogP contribution in [0.2, 0.25) is 0 Å². The predicted molar refractivity (Wildman–Crippen MR) is 52.5 cm³/mol. The van der Waals surface area contributed by atoms with Gasteiger partial charge in [0.15, 0.2) is 0 Å². The van der Waals surface area contributed by atoms with Crippen LogP contribution in [0.1, 0.15) is 6.92 Å². The third-order valence-electron chi connectivity index (χ3n) is 2.61. The topological polar surface area (TPSA) is 44.4 Å². The van der Waals surface area contributed by atoms with Gasteiger partial charge in [0.05, 0.1) is 5.92 Å². The van der Waals surface area contributed by atoms with Crippen molar-refractivity contribution in [1.82, 2.24) is 15.5 Å². The zero-order valence-corrected chi connectivity index (χ0v) is 8.63. The maximum atomic E-state index is 11.4. The number of hydrogen-bond acceptors (Lipinski definition) is 3. The van der Waals surface area contributed by atoms with Crippen LogP contribution in [0.5, 0.6) is 0 Å². The molecule has 0 radical (unpaired) electrons. The number of nitrogens with one attached hydrogen (secondary N) is 2. The van der Waals surface area contributed by atoms with Crippen LogP contribution in [0.25, 0.3) is 0 Å². The van der Waals surface area contributed by atoms with E-state index in [-0.39, 0.29) is 11.8 Å². The Morgan fingerprint density at radius 1 is 1.62 bits per heavy atom. The first-order valence-electron chi connectivity index (χ1n) is 4.76. The van der Waals surface area contributed by atoms with Gasteiger partial charge in [-0.1, -0.05) is 0 Å². The molecule has 1 aliphatic rings. The van der Waals surface area contributed by atoms with Gasteiger partial charge >= 0.3 is 0 Å². The summed E-state index contributed by atoms with van der Waals surface area (Å²) in [5.74, 6) is 0.391. The van der Waals surface area contributed by atoms with E-state index in [0.717, 1.165) is 19.6 Å². The van der Waals surface area contributed by atoms with Gasteiger partial charge in [-0.15, -0.1) is 0 Å². The quantitative estimate of drug-likeness (QED) is 0.607. The molecule has 0 aromatic heterocycles. The summed E-state index contributed by atoms with van der Waals surface area (Å²) in [6.45, 7) is 4.51. The number of nitrogens with zero attached hydrogens (tertiary/aromatic N) is 1. The molecule has 1 rings (SSSR count). The summed E-state index contributed by atoms with van der Waals surface area (Å²) >= 11 is 0. The van der Waals surface area contributed by atoms with Gasteiger partial charge in [0, 0.05) is 25.7 Å². The Bertz CT molecular complexity index is 178. The molecule has 0 saturated carbocycles. The third-order valence-corrected chi connectivity index (χ3v) is 2.61. The fourth-order valence-electron chi connectivity index (χ4n) is 1.05. The number of rotatable bonds is 4. The highest BCUT2D eigenvalue weighted by Gasteiger charge is 2.24. The van der Waals surface area contributed by atoms with Gasteiger partial charge in [0.2, 0.25) is 5.91 Å². The van der Waals surface area contributed by atoms with Gasteiger partial charge in [-0.25, -0.2) is 0 Å². The Labute approximate surface area is 79.7 Å². The first-order chi connectivity index (χ1) is 6.11. The van der Waals surface area contributed by atoms with Crippen LogP contribution < -0.4 is 10.6 Å². The predicted octanol–water partition coefficient (Wildman–Crippen LogP) is -0.728. The van der Waals surface area contributed by atoms with E-state index < -0.39 is 0 Å².